The smallest absolute Gasteiger partial charge is 0.350 e. The van der Waals surface area contributed by atoms with E-state index >= 15 is 0 Å². The first-order valence-corrected chi connectivity index (χ1v) is 6.94. The van der Waals surface area contributed by atoms with E-state index in [9.17, 15) is 4.79 Å². The molecule has 17 heavy (non-hydrogen) atoms. The Morgan fingerprint density at radius 3 is 2.94 bits per heavy atom. The van der Waals surface area contributed by atoms with Crippen LogP contribution in [0.25, 0.3) is 0 Å². The van der Waals surface area contributed by atoms with E-state index < -0.39 is 0 Å². The van der Waals surface area contributed by atoms with Crippen LogP contribution in [0.5, 0.6) is 0 Å². The number of thiazole rings is 1. The Kier molecular flexibility index (Phi) is 4.12. The molecule has 94 valence electrons. The van der Waals surface area contributed by atoms with E-state index in [2.05, 4.69) is 4.98 Å². The van der Waals surface area contributed by atoms with Gasteiger partial charge < -0.3 is 10.5 Å². The number of rotatable bonds is 6. The number of hydrogen-bond acceptors (Lipinski definition) is 5. The molecule has 0 unspecified atom stereocenters. The molecule has 1 heterocycles. The van der Waals surface area contributed by atoms with E-state index in [1.54, 1.807) is 0 Å². The van der Waals surface area contributed by atoms with Gasteiger partial charge in [0.05, 0.1) is 17.3 Å². The van der Waals surface area contributed by atoms with Crippen molar-refractivity contribution in [3.05, 3.63) is 15.6 Å². The van der Waals surface area contributed by atoms with Crippen molar-refractivity contribution in [2.75, 3.05) is 13.2 Å². The Hall–Kier alpha value is -0.940. The second-order valence-electron chi connectivity index (χ2n) is 4.21. The van der Waals surface area contributed by atoms with Crippen molar-refractivity contribution in [2.24, 2.45) is 5.73 Å². The second kappa shape index (κ2) is 5.60. The average molecular weight is 254 g/mol. The standard InChI is InChI=1S/C12H18N2O2S/c1-2-16-12(15)11-10(8-5-6-8)14-9(17-11)4-3-7-13/h8H,2-7,13H2,1H3. The summed E-state index contributed by atoms with van der Waals surface area (Å²) in [6.45, 7) is 2.90. The lowest BCUT2D eigenvalue weighted by molar-refractivity contribution is 0.0530. The molecule has 1 aromatic heterocycles. The molecule has 0 atom stereocenters. The van der Waals surface area contributed by atoms with Crippen LogP contribution in [0.3, 0.4) is 0 Å². The Balaban J connectivity index is 2.16. The first kappa shape index (κ1) is 12.5. The highest BCUT2D eigenvalue weighted by Crippen LogP contribution is 2.43. The molecule has 5 heteroatoms. The molecule has 1 aromatic rings. The summed E-state index contributed by atoms with van der Waals surface area (Å²) in [6, 6.07) is 0. The van der Waals surface area contributed by atoms with Crippen LogP contribution in [-0.4, -0.2) is 24.1 Å². The zero-order chi connectivity index (χ0) is 12.3. The number of esters is 1. The molecule has 1 aliphatic rings. The van der Waals surface area contributed by atoms with Crippen molar-refractivity contribution in [3.63, 3.8) is 0 Å². The number of aromatic nitrogens is 1. The molecule has 1 fully saturated rings. The van der Waals surface area contributed by atoms with Gasteiger partial charge in [-0.3, -0.25) is 0 Å². The maximum absolute atomic E-state index is 11.8. The summed E-state index contributed by atoms with van der Waals surface area (Å²) in [6.07, 6.45) is 4.07. The quantitative estimate of drug-likeness (QED) is 0.789. The molecular weight excluding hydrogens is 236 g/mol. The Bertz CT molecular complexity index is 399. The molecule has 0 amide bonds. The van der Waals surface area contributed by atoms with Crippen molar-refractivity contribution in [1.82, 2.24) is 4.98 Å². The second-order valence-corrected chi connectivity index (χ2v) is 5.29. The van der Waals surface area contributed by atoms with Gasteiger partial charge >= 0.3 is 5.97 Å². The normalized spacial score (nSPS) is 14.9. The highest BCUT2D eigenvalue weighted by Gasteiger charge is 2.32. The van der Waals surface area contributed by atoms with Gasteiger partial charge in [-0.1, -0.05) is 0 Å². The predicted octanol–water partition coefficient (Wildman–Crippen LogP) is 2.09. The van der Waals surface area contributed by atoms with Gasteiger partial charge in [0.15, 0.2) is 0 Å². The highest BCUT2D eigenvalue weighted by molar-refractivity contribution is 7.13. The SMILES string of the molecule is CCOC(=O)c1sc(CCCN)nc1C1CC1. The summed E-state index contributed by atoms with van der Waals surface area (Å²) in [5, 5.41) is 1.01. The monoisotopic (exact) mass is 254 g/mol. The highest BCUT2D eigenvalue weighted by atomic mass is 32.1. The van der Waals surface area contributed by atoms with E-state index in [0.717, 1.165) is 36.4 Å². The van der Waals surface area contributed by atoms with Crippen LogP contribution in [0.2, 0.25) is 0 Å². The predicted molar refractivity (Wildman–Crippen MR) is 67.4 cm³/mol. The van der Waals surface area contributed by atoms with Gasteiger partial charge in [-0.05, 0) is 32.7 Å². The average Bonchev–Trinajstić information content (AvgIpc) is 3.07. The van der Waals surface area contributed by atoms with E-state index in [1.807, 2.05) is 6.92 Å². The summed E-state index contributed by atoms with van der Waals surface area (Å²) in [5.41, 5.74) is 6.44. The lowest BCUT2D eigenvalue weighted by atomic mass is 10.2. The summed E-state index contributed by atoms with van der Waals surface area (Å²) < 4.78 is 5.07. The van der Waals surface area contributed by atoms with E-state index in [0.29, 0.717) is 23.9 Å². The molecule has 1 saturated carbocycles. The van der Waals surface area contributed by atoms with Crippen LogP contribution in [0, 0.1) is 0 Å². The maximum atomic E-state index is 11.8. The number of carbonyl (C=O) groups excluding carboxylic acids is 1. The zero-order valence-corrected chi connectivity index (χ0v) is 10.9. The lowest BCUT2D eigenvalue weighted by Crippen LogP contribution is -2.05. The Morgan fingerprint density at radius 1 is 1.59 bits per heavy atom. The molecule has 1 aliphatic carbocycles. The minimum absolute atomic E-state index is 0.217. The maximum Gasteiger partial charge on any atom is 0.350 e. The molecule has 0 saturated heterocycles. The number of hydrogen-bond donors (Lipinski definition) is 1. The number of nitrogens with two attached hydrogens (primary N) is 1. The van der Waals surface area contributed by atoms with E-state index in [-0.39, 0.29) is 5.97 Å². The summed E-state index contributed by atoms with van der Waals surface area (Å²) >= 11 is 1.47. The third-order valence-corrected chi connectivity index (χ3v) is 3.83. The number of nitrogens with zero attached hydrogens (tertiary/aromatic N) is 1. The lowest BCUT2D eigenvalue weighted by Gasteiger charge is -1.99. The minimum Gasteiger partial charge on any atom is -0.462 e. The van der Waals surface area contributed by atoms with Crippen molar-refractivity contribution >= 4 is 17.3 Å². The van der Waals surface area contributed by atoms with Crippen molar-refractivity contribution < 1.29 is 9.53 Å². The summed E-state index contributed by atoms with van der Waals surface area (Å²) in [4.78, 5) is 17.1. The van der Waals surface area contributed by atoms with Gasteiger partial charge in [0.1, 0.15) is 4.88 Å². The molecule has 0 aliphatic heterocycles. The largest absolute Gasteiger partial charge is 0.462 e. The van der Waals surface area contributed by atoms with Crippen molar-refractivity contribution in [3.8, 4) is 0 Å². The summed E-state index contributed by atoms with van der Waals surface area (Å²) in [7, 11) is 0. The zero-order valence-electron chi connectivity index (χ0n) is 10.1. The van der Waals surface area contributed by atoms with Crippen molar-refractivity contribution in [2.45, 2.75) is 38.5 Å². The first-order chi connectivity index (χ1) is 8.26. The fraction of sp³-hybridized carbons (Fsp3) is 0.667. The third kappa shape index (κ3) is 3.04. The fourth-order valence-electron chi connectivity index (χ4n) is 1.71. The third-order valence-electron chi connectivity index (χ3n) is 2.72. The molecule has 2 rings (SSSR count). The molecule has 0 aromatic carbocycles. The Morgan fingerprint density at radius 2 is 2.35 bits per heavy atom. The molecule has 0 bridgehead atoms. The number of ether oxygens (including phenoxy) is 1. The van der Waals surface area contributed by atoms with Crippen LogP contribution in [0.1, 0.15) is 52.5 Å². The van der Waals surface area contributed by atoms with Crippen molar-refractivity contribution in [1.29, 1.82) is 0 Å². The fourth-order valence-corrected chi connectivity index (χ4v) is 2.80. The van der Waals surface area contributed by atoms with E-state index in [4.69, 9.17) is 10.5 Å². The number of aryl methyl sites for hydroxylation is 1. The van der Waals surface area contributed by atoms with Crippen LogP contribution < -0.4 is 5.73 Å². The molecule has 0 spiro atoms. The molecule has 2 N–H and O–H groups in total. The van der Waals surface area contributed by atoms with Gasteiger partial charge in [-0.15, -0.1) is 11.3 Å². The van der Waals surface area contributed by atoms with Crippen LogP contribution in [0.4, 0.5) is 0 Å². The van der Waals surface area contributed by atoms with Gasteiger partial charge in [0.25, 0.3) is 0 Å². The Labute approximate surface area is 105 Å². The minimum atomic E-state index is -0.217. The molecular formula is C12H18N2O2S. The summed E-state index contributed by atoms with van der Waals surface area (Å²) in [5.74, 6) is 0.267. The van der Waals surface area contributed by atoms with Crippen LogP contribution in [-0.2, 0) is 11.2 Å². The molecule has 4 nitrogen and oxygen atoms in total. The van der Waals surface area contributed by atoms with Gasteiger partial charge in [-0.25, -0.2) is 9.78 Å². The first-order valence-electron chi connectivity index (χ1n) is 6.13. The molecule has 0 radical (unpaired) electrons. The number of carbonyl (C=O) groups is 1. The van der Waals surface area contributed by atoms with Gasteiger partial charge in [0, 0.05) is 12.3 Å². The topological polar surface area (TPSA) is 65.2 Å². The van der Waals surface area contributed by atoms with Crippen LogP contribution in [0.15, 0.2) is 0 Å². The van der Waals surface area contributed by atoms with Crippen LogP contribution >= 0.6 is 11.3 Å². The van der Waals surface area contributed by atoms with E-state index in [1.165, 1.54) is 11.3 Å². The van der Waals surface area contributed by atoms with Gasteiger partial charge in [0.2, 0.25) is 0 Å². The van der Waals surface area contributed by atoms with Gasteiger partial charge in [-0.2, -0.15) is 0 Å².